The molecule has 2 heteroatoms. The van der Waals surface area contributed by atoms with E-state index in [4.69, 9.17) is 0 Å². The number of halogens is 1. The molecule has 0 aliphatic carbocycles. The quantitative estimate of drug-likeness (QED) is 0.648. The third-order valence-corrected chi connectivity index (χ3v) is 2.45. The number of hydrogen-bond acceptors (Lipinski definition) is 1. The molecular weight excluding hydrogens is 192 g/mol. The number of hydrogen-bond donors (Lipinski definition) is 0. The van der Waals surface area contributed by atoms with Crippen LogP contribution in [-0.2, 0) is 4.79 Å². The summed E-state index contributed by atoms with van der Waals surface area (Å²) in [7, 11) is 0. The Bertz CT molecular complexity index is 118. The van der Waals surface area contributed by atoms with Crippen LogP contribution < -0.4 is 0 Å². The van der Waals surface area contributed by atoms with E-state index in [0.717, 1.165) is 18.2 Å². The molecule has 0 aliphatic heterocycles. The molecule has 0 heterocycles. The fraction of sp³-hybridized carbons (Fsp3) is 0.875. The molecule has 0 fully saturated rings. The van der Waals surface area contributed by atoms with Gasteiger partial charge in [-0.25, -0.2) is 0 Å². The van der Waals surface area contributed by atoms with Crippen LogP contribution in [0.3, 0.4) is 0 Å². The minimum atomic E-state index is -0.117. The summed E-state index contributed by atoms with van der Waals surface area (Å²) >= 11 is 3.34. The van der Waals surface area contributed by atoms with E-state index in [1.54, 1.807) is 6.92 Å². The number of rotatable bonds is 4. The first kappa shape index (κ1) is 10.2. The molecule has 0 aliphatic rings. The van der Waals surface area contributed by atoms with Crippen LogP contribution in [0, 0.1) is 5.41 Å². The highest BCUT2D eigenvalue weighted by Gasteiger charge is 2.21. The Hall–Kier alpha value is 0.150. The van der Waals surface area contributed by atoms with Crippen molar-refractivity contribution in [2.24, 2.45) is 5.41 Å². The van der Waals surface area contributed by atoms with Gasteiger partial charge in [-0.15, -0.1) is 0 Å². The van der Waals surface area contributed by atoms with Crippen LogP contribution in [-0.4, -0.2) is 11.1 Å². The number of Topliss-reactive ketones (excluding diaryl/α,β-unsaturated/α-hetero) is 1. The molecule has 0 saturated heterocycles. The van der Waals surface area contributed by atoms with Gasteiger partial charge in [-0.1, -0.05) is 29.8 Å². The minimum Gasteiger partial charge on any atom is -0.299 e. The predicted molar refractivity (Wildman–Crippen MR) is 47.5 cm³/mol. The lowest BCUT2D eigenvalue weighted by Gasteiger charge is -2.19. The van der Waals surface area contributed by atoms with Gasteiger partial charge < -0.3 is 0 Å². The summed E-state index contributed by atoms with van der Waals surface area (Å²) in [5.74, 6) is 0.286. The Morgan fingerprint density at radius 3 is 2.30 bits per heavy atom. The van der Waals surface area contributed by atoms with Gasteiger partial charge in [0.2, 0.25) is 0 Å². The van der Waals surface area contributed by atoms with Crippen LogP contribution in [0.25, 0.3) is 0 Å². The molecule has 0 atom stereocenters. The molecule has 0 N–H and O–H groups in total. The van der Waals surface area contributed by atoms with Crippen molar-refractivity contribution in [1.29, 1.82) is 0 Å². The molecule has 0 bridgehead atoms. The Morgan fingerprint density at radius 1 is 1.50 bits per heavy atom. The van der Waals surface area contributed by atoms with Crippen molar-refractivity contribution < 1.29 is 4.79 Å². The van der Waals surface area contributed by atoms with Crippen molar-refractivity contribution in [2.75, 3.05) is 5.33 Å². The van der Waals surface area contributed by atoms with E-state index in [0.29, 0.717) is 0 Å². The lowest BCUT2D eigenvalue weighted by Crippen LogP contribution is -2.21. The lowest BCUT2D eigenvalue weighted by molar-refractivity contribution is -0.125. The van der Waals surface area contributed by atoms with Crippen molar-refractivity contribution in [2.45, 2.75) is 33.6 Å². The van der Waals surface area contributed by atoms with E-state index in [9.17, 15) is 4.79 Å². The summed E-state index contributed by atoms with van der Waals surface area (Å²) in [4.78, 5) is 11.0. The van der Waals surface area contributed by atoms with Gasteiger partial charge in [0.1, 0.15) is 5.78 Å². The summed E-state index contributed by atoms with van der Waals surface area (Å²) in [5, 5.41) is 0.990. The first-order valence-electron chi connectivity index (χ1n) is 3.57. The topological polar surface area (TPSA) is 17.1 Å². The van der Waals surface area contributed by atoms with Gasteiger partial charge in [0, 0.05) is 10.7 Å². The second-order valence-electron chi connectivity index (χ2n) is 3.23. The van der Waals surface area contributed by atoms with Crippen LogP contribution in [0.1, 0.15) is 33.6 Å². The Balaban J connectivity index is 3.75. The number of carbonyl (C=O) groups excluding carboxylic acids is 1. The second kappa shape index (κ2) is 4.12. The second-order valence-corrected chi connectivity index (χ2v) is 4.03. The van der Waals surface area contributed by atoms with Crippen LogP contribution in [0.5, 0.6) is 0 Å². The molecule has 0 amide bonds. The van der Waals surface area contributed by atoms with Crippen LogP contribution in [0.4, 0.5) is 0 Å². The molecule has 60 valence electrons. The molecule has 0 spiro atoms. The van der Waals surface area contributed by atoms with Gasteiger partial charge in [0.05, 0.1) is 0 Å². The van der Waals surface area contributed by atoms with Crippen molar-refractivity contribution in [3.63, 3.8) is 0 Å². The third kappa shape index (κ3) is 3.35. The van der Waals surface area contributed by atoms with E-state index in [1.807, 2.05) is 13.8 Å². The van der Waals surface area contributed by atoms with Crippen molar-refractivity contribution in [3.05, 3.63) is 0 Å². The fourth-order valence-corrected chi connectivity index (χ4v) is 0.965. The smallest absolute Gasteiger partial charge is 0.135 e. The van der Waals surface area contributed by atoms with Crippen LogP contribution >= 0.6 is 15.9 Å². The standard InChI is InChI=1S/C8H15BrO/c1-7(10)8(2,3)5-4-6-9/h4-6H2,1-3H3. The number of alkyl halides is 1. The lowest BCUT2D eigenvalue weighted by atomic mass is 9.84. The average molecular weight is 207 g/mol. The first-order chi connectivity index (χ1) is 4.50. The van der Waals surface area contributed by atoms with Gasteiger partial charge in [0.15, 0.2) is 0 Å². The van der Waals surface area contributed by atoms with E-state index < -0.39 is 0 Å². The summed E-state index contributed by atoms with van der Waals surface area (Å²) in [6.45, 7) is 5.66. The molecule has 0 unspecified atom stereocenters. The van der Waals surface area contributed by atoms with E-state index in [2.05, 4.69) is 15.9 Å². The maximum atomic E-state index is 11.0. The van der Waals surface area contributed by atoms with Gasteiger partial charge in [-0.2, -0.15) is 0 Å². The van der Waals surface area contributed by atoms with E-state index in [1.165, 1.54) is 0 Å². The maximum absolute atomic E-state index is 11.0. The number of carbonyl (C=O) groups is 1. The van der Waals surface area contributed by atoms with Crippen molar-refractivity contribution in [1.82, 2.24) is 0 Å². The van der Waals surface area contributed by atoms with Crippen molar-refractivity contribution in [3.8, 4) is 0 Å². The van der Waals surface area contributed by atoms with E-state index in [-0.39, 0.29) is 11.2 Å². The van der Waals surface area contributed by atoms with Gasteiger partial charge in [0.25, 0.3) is 0 Å². The Kier molecular flexibility index (Phi) is 4.18. The van der Waals surface area contributed by atoms with Gasteiger partial charge in [-0.3, -0.25) is 4.79 Å². The molecule has 0 rings (SSSR count). The predicted octanol–water partition coefficient (Wildman–Crippen LogP) is 2.78. The Labute approximate surface area is 71.3 Å². The normalized spacial score (nSPS) is 11.6. The average Bonchev–Trinajstić information content (AvgIpc) is 1.84. The zero-order valence-corrected chi connectivity index (χ0v) is 8.49. The molecule has 0 saturated carbocycles. The zero-order valence-electron chi connectivity index (χ0n) is 6.91. The first-order valence-corrected chi connectivity index (χ1v) is 4.70. The largest absolute Gasteiger partial charge is 0.299 e. The summed E-state index contributed by atoms with van der Waals surface area (Å²) < 4.78 is 0. The Morgan fingerprint density at radius 2 is 2.00 bits per heavy atom. The molecular formula is C8H15BrO. The van der Waals surface area contributed by atoms with Crippen LogP contribution in [0.2, 0.25) is 0 Å². The molecule has 10 heavy (non-hydrogen) atoms. The highest BCUT2D eigenvalue weighted by molar-refractivity contribution is 9.09. The third-order valence-electron chi connectivity index (χ3n) is 1.89. The molecule has 0 aromatic carbocycles. The fourth-order valence-electron chi connectivity index (χ4n) is 0.685. The number of ketones is 1. The molecule has 0 aromatic heterocycles. The summed E-state index contributed by atoms with van der Waals surface area (Å²) in [6.07, 6.45) is 2.06. The molecule has 0 radical (unpaired) electrons. The SMILES string of the molecule is CC(=O)C(C)(C)CCCBr. The zero-order chi connectivity index (χ0) is 8.20. The molecule has 0 aromatic rings. The monoisotopic (exact) mass is 206 g/mol. The minimum absolute atomic E-state index is 0.117. The maximum Gasteiger partial charge on any atom is 0.135 e. The van der Waals surface area contributed by atoms with Gasteiger partial charge in [-0.05, 0) is 19.8 Å². The highest BCUT2D eigenvalue weighted by Crippen LogP contribution is 2.23. The van der Waals surface area contributed by atoms with Crippen LogP contribution in [0.15, 0.2) is 0 Å². The molecule has 1 nitrogen and oxygen atoms in total. The highest BCUT2D eigenvalue weighted by atomic mass is 79.9. The van der Waals surface area contributed by atoms with E-state index >= 15 is 0 Å². The van der Waals surface area contributed by atoms with Gasteiger partial charge >= 0.3 is 0 Å². The summed E-state index contributed by atoms with van der Waals surface area (Å²) in [5.41, 5.74) is -0.117. The van der Waals surface area contributed by atoms with Crippen molar-refractivity contribution >= 4 is 21.7 Å². The summed E-state index contributed by atoms with van der Waals surface area (Å²) in [6, 6.07) is 0.